The van der Waals surface area contributed by atoms with Gasteiger partial charge < -0.3 is 10.4 Å². The third-order valence-corrected chi connectivity index (χ3v) is 4.65. The van der Waals surface area contributed by atoms with Crippen molar-refractivity contribution in [3.63, 3.8) is 0 Å². The molecule has 0 saturated heterocycles. The molecule has 1 aliphatic rings. The van der Waals surface area contributed by atoms with E-state index in [1.807, 2.05) is 0 Å². The van der Waals surface area contributed by atoms with E-state index < -0.39 is 11.5 Å². The van der Waals surface area contributed by atoms with Crippen molar-refractivity contribution in [3.05, 3.63) is 28.0 Å². The fraction of sp³-hybridized carbons (Fsp3) is 0.600. The van der Waals surface area contributed by atoms with Gasteiger partial charge in [0.05, 0.1) is 10.6 Å². The van der Waals surface area contributed by atoms with Crippen LogP contribution in [0.5, 0.6) is 0 Å². The Kier molecular flexibility index (Phi) is 4.81. The molecule has 1 fully saturated rings. The van der Waals surface area contributed by atoms with Crippen molar-refractivity contribution in [1.82, 2.24) is 10.3 Å². The Morgan fingerprint density at radius 3 is 2.52 bits per heavy atom. The zero-order chi connectivity index (χ0) is 15.7. The number of hydrogen-bond donors (Lipinski definition) is 2. The Hall–Kier alpha value is -0.840. The normalized spacial score (nSPS) is 20.0. The van der Waals surface area contributed by atoms with Gasteiger partial charge in [-0.05, 0) is 43.2 Å². The molecule has 0 atom stereocenters. The van der Waals surface area contributed by atoms with Gasteiger partial charge in [-0.25, -0.2) is 4.98 Å². The first-order chi connectivity index (χ1) is 9.71. The Morgan fingerprint density at radius 1 is 1.29 bits per heavy atom. The smallest absolute Gasteiger partial charge is 0.271 e. The molecule has 2 rings (SSSR count). The second-order valence-corrected chi connectivity index (χ2v) is 7.33. The lowest BCUT2D eigenvalue weighted by Gasteiger charge is -2.40. The molecular weight excluding hydrogens is 311 g/mol. The van der Waals surface area contributed by atoms with Crippen molar-refractivity contribution in [2.24, 2.45) is 5.41 Å². The second-order valence-electron chi connectivity index (χ2n) is 6.54. The molecule has 1 saturated carbocycles. The van der Waals surface area contributed by atoms with E-state index in [0.29, 0.717) is 12.8 Å². The quantitative estimate of drug-likeness (QED) is 0.834. The zero-order valence-corrected chi connectivity index (χ0v) is 13.8. The summed E-state index contributed by atoms with van der Waals surface area (Å²) in [6.07, 6.45) is 3.24. The Labute approximate surface area is 134 Å². The maximum Gasteiger partial charge on any atom is 0.271 e. The number of hydrogen-bond acceptors (Lipinski definition) is 3. The molecule has 0 unspecified atom stereocenters. The number of rotatable bonds is 3. The summed E-state index contributed by atoms with van der Waals surface area (Å²) in [4.78, 5) is 16.0. The number of carbonyl (C=O) groups excluding carboxylic acids is 1. The number of aliphatic hydroxyl groups is 1. The lowest BCUT2D eigenvalue weighted by Crippen LogP contribution is -2.46. The van der Waals surface area contributed by atoms with Crippen LogP contribution in [0, 0.1) is 5.41 Å². The number of nitrogens with one attached hydrogen (secondary N) is 1. The molecule has 1 amide bonds. The molecule has 1 aromatic rings. The van der Waals surface area contributed by atoms with Crippen molar-refractivity contribution in [2.75, 3.05) is 6.54 Å². The van der Waals surface area contributed by atoms with Crippen molar-refractivity contribution in [1.29, 1.82) is 0 Å². The Balaban J connectivity index is 1.97. The average Bonchev–Trinajstić information content (AvgIpc) is 2.43. The molecule has 116 valence electrons. The number of pyridine rings is 1. The van der Waals surface area contributed by atoms with Crippen LogP contribution >= 0.6 is 23.2 Å². The summed E-state index contributed by atoms with van der Waals surface area (Å²) in [7, 11) is 0. The lowest BCUT2D eigenvalue weighted by molar-refractivity contribution is -0.0233. The molecule has 0 radical (unpaired) electrons. The summed E-state index contributed by atoms with van der Waals surface area (Å²) < 4.78 is 0. The first kappa shape index (κ1) is 16.5. The van der Waals surface area contributed by atoms with Crippen LogP contribution in [0.25, 0.3) is 0 Å². The van der Waals surface area contributed by atoms with E-state index in [1.165, 1.54) is 12.1 Å². The van der Waals surface area contributed by atoms with Crippen molar-refractivity contribution < 1.29 is 9.90 Å². The van der Waals surface area contributed by atoms with Crippen LogP contribution in [-0.2, 0) is 0 Å². The standard InChI is InChI=1S/C15H20Cl2N2O2/c1-14(2)5-7-15(21,8-6-14)9-18-13(20)12-10(16)3-4-11(17)19-12/h3-4,21H,5-9H2,1-2H3,(H,18,20). The highest BCUT2D eigenvalue weighted by Gasteiger charge is 2.36. The van der Waals surface area contributed by atoms with Gasteiger partial charge in [0.2, 0.25) is 0 Å². The number of nitrogens with zero attached hydrogens (tertiary/aromatic N) is 1. The number of amides is 1. The fourth-order valence-corrected chi connectivity index (χ4v) is 2.81. The highest BCUT2D eigenvalue weighted by atomic mass is 35.5. The van der Waals surface area contributed by atoms with E-state index in [0.717, 1.165) is 12.8 Å². The van der Waals surface area contributed by atoms with Crippen LogP contribution in [-0.4, -0.2) is 28.1 Å². The average molecular weight is 331 g/mol. The largest absolute Gasteiger partial charge is 0.388 e. The molecule has 6 heteroatoms. The molecule has 1 heterocycles. The minimum Gasteiger partial charge on any atom is -0.388 e. The van der Waals surface area contributed by atoms with Crippen molar-refractivity contribution in [2.45, 2.75) is 45.1 Å². The van der Waals surface area contributed by atoms with Gasteiger partial charge in [-0.3, -0.25) is 4.79 Å². The zero-order valence-electron chi connectivity index (χ0n) is 12.2. The molecule has 0 aliphatic heterocycles. The van der Waals surface area contributed by atoms with Crippen LogP contribution in [0.15, 0.2) is 12.1 Å². The van der Waals surface area contributed by atoms with Gasteiger partial charge in [-0.2, -0.15) is 0 Å². The molecule has 1 aliphatic carbocycles. The van der Waals surface area contributed by atoms with Crippen LogP contribution in [0.4, 0.5) is 0 Å². The summed E-state index contributed by atoms with van der Waals surface area (Å²) in [6.45, 7) is 4.59. The second kappa shape index (κ2) is 6.11. The van der Waals surface area contributed by atoms with Crippen molar-refractivity contribution in [3.8, 4) is 0 Å². The molecule has 21 heavy (non-hydrogen) atoms. The monoisotopic (exact) mass is 330 g/mol. The molecular formula is C15H20Cl2N2O2. The van der Waals surface area contributed by atoms with E-state index in [-0.39, 0.29) is 27.8 Å². The minimum absolute atomic E-state index is 0.0869. The van der Waals surface area contributed by atoms with E-state index in [2.05, 4.69) is 24.1 Å². The SMILES string of the molecule is CC1(C)CCC(O)(CNC(=O)c2nc(Cl)ccc2Cl)CC1. The van der Waals surface area contributed by atoms with Crippen molar-refractivity contribution >= 4 is 29.1 Å². The molecule has 0 bridgehead atoms. The molecule has 0 spiro atoms. The number of carbonyl (C=O) groups is 1. The molecule has 1 aromatic heterocycles. The van der Waals surface area contributed by atoms with Gasteiger partial charge >= 0.3 is 0 Å². The van der Waals surface area contributed by atoms with Gasteiger partial charge in [0.25, 0.3) is 5.91 Å². The summed E-state index contributed by atoms with van der Waals surface area (Å²) in [5.74, 6) is -0.416. The lowest BCUT2D eigenvalue weighted by atomic mass is 9.71. The summed E-state index contributed by atoms with van der Waals surface area (Å²) in [6, 6.07) is 3.06. The van der Waals surface area contributed by atoms with Gasteiger partial charge in [-0.15, -0.1) is 0 Å². The van der Waals surface area contributed by atoms with E-state index in [9.17, 15) is 9.90 Å². The molecule has 2 N–H and O–H groups in total. The highest BCUT2D eigenvalue weighted by Crippen LogP contribution is 2.39. The van der Waals surface area contributed by atoms with Crippen LogP contribution < -0.4 is 5.32 Å². The molecule has 4 nitrogen and oxygen atoms in total. The Bertz CT molecular complexity index is 536. The van der Waals surface area contributed by atoms with Crippen LogP contribution in [0.2, 0.25) is 10.2 Å². The third-order valence-electron chi connectivity index (χ3n) is 4.14. The highest BCUT2D eigenvalue weighted by molar-refractivity contribution is 6.34. The van der Waals surface area contributed by atoms with Gasteiger partial charge in [0.1, 0.15) is 10.8 Å². The maximum atomic E-state index is 12.1. The number of aromatic nitrogens is 1. The first-order valence-corrected chi connectivity index (χ1v) is 7.79. The van der Waals surface area contributed by atoms with E-state index in [1.54, 1.807) is 0 Å². The van der Waals surface area contributed by atoms with Gasteiger partial charge in [0.15, 0.2) is 0 Å². The topological polar surface area (TPSA) is 62.2 Å². The van der Waals surface area contributed by atoms with Crippen LogP contribution in [0.3, 0.4) is 0 Å². The van der Waals surface area contributed by atoms with Crippen LogP contribution in [0.1, 0.15) is 50.0 Å². The first-order valence-electron chi connectivity index (χ1n) is 7.03. The summed E-state index contributed by atoms with van der Waals surface area (Å²) >= 11 is 11.7. The predicted octanol–water partition coefficient (Wildman–Crippen LogP) is 3.45. The fourth-order valence-electron chi connectivity index (χ4n) is 2.48. The maximum absolute atomic E-state index is 12.1. The third kappa shape index (κ3) is 4.31. The Morgan fingerprint density at radius 2 is 1.90 bits per heavy atom. The van der Waals surface area contributed by atoms with Gasteiger partial charge in [0, 0.05) is 6.54 Å². The van der Waals surface area contributed by atoms with E-state index in [4.69, 9.17) is 23.2 Å². The van der Waals surface area contributed by atoms with E-state index >= 15 is 0 Å². The predicted molar refractivity (Wildman–Crippen MR) is 83.8 cm³/mol. The number of halogens is 2. The minimum atomic E-state index is -0.851. The summed E-state index contributed by atoms with van der Waals surface area (Å²) in [5.41, 5.74) is -0.506. The molecule has 0 aromatic carbocycles. The summed E-state index contributed by atoms with van der Waals surface area (Å²) in [5, 5.41) is 13.7. The van der Waals surface area contributed by atoms with Gasteiger partial charge in [-0.1, -0.05) is 37.0 Å².